The highest BCUT2D eigenvalue weighted by Gasteiger charge is 2.30. The molecular weight excluding hydrogens is 325 g/mol. The van der Waals surface area contributed by atoms with Crippen molar-refractivity contribution >= 4 is 11.7 Å². The number of likely N-dealkylation sites (tertiary alicyclic amines) is 1. The second-order valence-electron chi connectivity index (χ2n) is 5.75. The van der Waals surface area contributed by atoms with Gasteiger partial charge in [-0.3, -0.25) is 4.40 Å². The van der Waals surface area contributed by atoms with Crippen molar-refractivity contribution < 1.29 is 22.7 Å². The molecule has 24 heavy (non-hydrogen) atoms. The molecule has 0 aliphatic carbocycles. The fourth-order valence-electron chi connectivity index (χ4n) is 2.84. The van der Waals surface area contributed by atoms with Crippen molar-refractivity contribution in [1.82, 2.24) is 19.5 Å². The van der Waals surface area contributed by atoms with Crippen LogP contribution in [0.4, 0.5) is 18.0 Å². The van der Waals surface area contributed by atoms with Crippen molar-refractivity contribution in [3.63, 3.8) is 0 Å². The molecule has 1 atom stereocenters. The van der Waals surface area contributed by atoms with Crippen molar-refractivity contribution in [3.8, 4) is 0 Å². The van der Waals surface area contributed by atoms with Gasteiger partial charge in [-0.1, -0.05) is 6.07 Å². The van der Waals surface area contributed by atoms with E-state index in [1.54, 1.807) is 0 Å². The van der Waals surface area contributed by atoms with Crippen molar-refractivity contribution in [2.45, 2.75) is 31.4 Å². The summed E-state index contributed by atoms with van der Waals surface area (Å²) in [6, 6.07) is 5.56. The largest absolute Gasteiger partial charge is 0.449 e. The van der Waals surface area contributed by atoms with Gasteiger partial charge < -0.3 is 9.64 Å². The zero-order valence-corrected chi connectivity index (χ0v) is 12.9. The van der Waals surface area contributed by atoms with Gasteiger partial charge in [0.1, 0.15) is 12.4 Å². The summed E-state index contributed by atoms with van der Waals surface area (Å²) in [6.45, 7) is 0.177. The Morgan fingerprint density at radius 2 is 2.17 bits per heavy atom. The fraction of sp³-hybridized carbons (Fsp3) is 0.533. The van der Waals surface area contributed by atoms with E-state index in [0.717, 1.165) is 24.3 Å². The highest BCUT2D eigenvalue weighted by atomic mass is 19.4. The Balaban J connectivity index is 1.63. The maximum Gasteiger partial charge on any atom is 0.409 e. The molecule has 1 aliphatic heterocycles. The van der Waals surface area contributed by atoms with E-state index in [4.69, 9.17) is 4.74 Å². The number of halogens is 3. The topological polar surface area (TPSA) is 59.7 Å². The predicted octanol–water partition coefficient (Wildman–Crippen LogP) is 3.00. The molecule has 0 saturated carbocycles. The summed E-state index contributed by atoms with van der Waals surface area (Å²) in [7, 11) is 0. The molecule has 1 unspecified atom stereocenters. The standard InChI is InChI=1S/C15H17F3N4O2/c16-15(17,18)6-9-24-14(23)21-7-3-4-11(10-21)13-20-19-12-5-1-2-8-22(12)13/h1-2,5,8,11H,3-4,6-7,9-10H2. The smallest absolute Gasteiger partial charge is 0.409 e. The number of piperidine rings is 1. The number of rotatable bonds is 3. The average molecular weight is 342 g/mol. The number of nitrogens with zero attached hydrogens (tertiary/aromatic N) is 4. The van der Waals surface area contributed by atoms with Crippen molar-refractivity contribution in [2.75, 3.05) is 19.7 Å². The molecule has 3 rings (SSSR count). The van der Waals surface area contributed by atoms with Crippen LogP contribution in [0.5, 0.6) is 0 Å². The van der Waals surface area contributed by atoms with Crippen LogP contribution in [0.15, 0.2) is 24.4 Å². The lowest BCUT2D eigenvalue weighted by atomic mass is 9.97. The van der Waals surface area contributed by atoms with Gasteiger partial charge in [0.25, 0.3) is 0 Å². The van der Waals surface area contributed by atoms with E-state index in [-0.39, 0.29) is 5.92 Å². The lowest BCUT2D eigenvalue weighted by molar-refractivity contribution is -0.141. The Labute approximate surface area is 136 Å². The summed E-state index contributed by atoms with van der Waals surface area (Å²) in [5.74, 6) is 0.727. The lowest BCUT2D eigenvalue weighted by Crippen LogP contribution is -2.40. The van der Waals surface area contributed by atoms with E-state index in [2.05, 4.69) is 10.2 Å². The van der Waals surface area contributed by atoms with E-state index in [9.17, 15) is 18.0 Å². The summed E-state index contributed by atoms with van der Waals surface area (Å²) in [5, 5.41) is 8.29. The van der Waals surface area contributed by atoms with Crippen LogP contribution in [0, 0.1) is 0 Å². The van der Waals surface area contributed by atoms with E-state index in [1.165, 1.54) is 4.90 Å². The molecule has 0 radical (unpaired) electrons. The van der Waals surface area contributed by atoms with Crippen LogP contribution >= 0.6 is 0 Å². The number of carbonyl (C=O) groups excluding carboxylic acids is 1. The van der Waals surface area contributed by atoms with Gasteiger partial charge in [0.15, 0.2) is 5.65 Å². The van der Waals surface area contributed by atoms with Gasteiger partial charge in [0.05, 0.1) is 6.42 Å². The third kappa shape index (κ3) is 3.77. The Morgan fingerprint density at radius 3 is 2.96 bits per heavy atom. The van der Waals surface area contributed by atoms with Crippen molar-refractivity contribution in [2.24, 2.45) is 0 Å². The summed E-state index contributed by atoms with van der Waals surface area (Å²) < 4.78 is 43.0. The van der Waals surface area contributed by atoms with Crippen LogP contribution < -0.4 is 0 Å². The van der Waals surface area contributed by atoms with E-state index in [1.807, 2.05) is 28.8 Å². The van der Waals surface area contributed by atoms with Gasteiger partial charge in [0.2, 0.25) is 0 Å². The molecule has 9 heteroatoms. The van der Waals surface area contributed by atoms with Gasteiger partial charge in [-0.2, -0.15) is 13.2 Å². The maximum absolute atomic E-state index is 12.1. The van der Waals surface area contributed by atoms with Gasteiger partial charge in [-0.25, -0.2) is 4.79 Å². The third-order valence-electron chi connectivity index (χ3n) is 4.00. The summed E-state index contributed by atoms with van der Waals surface area (Å²) in [4.78, 5) is 13.4. The van der Waals surface area contributed by atoms with Crippen LogP contribution in [0.1, 0.15) is 31.0 Å². The Bertz CT molecular complexity index is 716. The Morgan fingerprint density at radius 1 is 1.33 bits per heavy atom. The van der Waals surface area contributed by atoms with Crippen LogP contribution in [0.2, 0.25) is 0 Å². The second-order valence-corrected chi connectivity index (χ2v) is 5.75. The minimum absolute atomic E-state index is 0.0219. The molecular formula is C15H17F3N4O2. The second kappa shape index (κ2) is 6.66. The number of alkyl halides is 3. The monoisotopic (exact) mass is 342 g/mol. The average Bonchev–Trinajstić information content (AvgIpc) is 2.98. The predicted molar refractivity (Wildman–Crippen MR) is 78.6 cm³/mol. The summed E-state index contributed by atoms with van der Waals surface area (Å²) >= 11 is 0. The molecule has 1 fully saturated rings. The molecule has 2 aromatic heterocycles. The molecule has 1 saturated heterocycles. The molecule has 0 aromatic carbocycles. The molecule has 3 heterocycles. The van der Waals surface area contributed by atoms with Gasteiger partial charge in [-0.15, -0.1) is 10.2 Å². The summed E-state index contributed by atoms with van der Waals surface area (Å²) in [5.41, 5.74) is 0.720. The van der Waals surface area contributed by atoms with E-state index < -0.39 is 25.3 Å². The maximum atomic E-state index is 12.1. The number of amides is 1. The zero-order valence-electron chi connectivity index (χ0n) is 12.9. The van der Waals surface area contributed by atoms with Crippen LogP contribution in [0.25, 0.3) is 5.65 Å². The summed E-state index contributed by atoms with van der Waals surface area (Å²) in [6.07, 6.45) is -2.75. The SMILES string of the molecule is O=C(OCCC(F)(F)F)N1CCCC(c2nnc3ccccn23)C1. The van der Waals surface area contributed by atoms with Gasteiger partial charge >= 0.3 is 12.3 Å². The first-order valence-corrected chi connectivity index (χ1v) is 7.72. The van der Waals surface area contributed by atoms with Crippen LogP contribution in [-0.2, 0) is 4.74 Å². The number of ether oxygens (including phenoxy) is 1. The first-order chi connectivity index (χ1) is 11.4. The molecule has 2 aromatic rings. The quantitative estimate of drug-likeness (QED) is 0.860. The number of hydrogen-bond acceptors (Lipinski definition) is 4. The number of aromatic nitrogens is 3. The van der Waals surface area contributed by atoms with E-state index >= 15 is 0 Å². The van der Waals surface area contributed by atoms with Crippen molar-refractivity contribution in [1.29, 1.82) is 0 Å². The number of carbonyl (C=O) groups is 1. The number of pyridine rings is 1. The molecule has 1 aliphatic rings. The first kappa shape index (κ1) is 16.5. The zero-order chi connectivity index (χ0) is 17.2. The number of hydrogen-bond donors (Lipinski definition) is 0. The highest BCUT2D eigenvalue weighted by molar-refractivity contribution is 5.67. The molecule has 0 N–H and O–H groups in total. The molecule has 1 amide bonds. The molecule has 130 valence electrons. The molecule has 6 nitrogen and oxygen atoms in total. The van der Waals surface area contributed by atoms with Gasteiger partial charge in [-0.05, 0) is 25.0 Å². The third-order valence-corrected chi connectivity index (χ3v) is 4.00. The fourth-order valence-corrected chi connectivity index (χ4v) is 2.84. The Hall–Kier alpha value is -2.32. The van der Waals surface area contributed by atoms with Gasteiger partial charge in [0, 0.05) is 25.2 Å². The van der Waals surface area contributed by atoms with Crippen LogP contribution in [0.3, 0.4) is 0 Å². The molecule has 0 spiro atoms. The minimum Gasteiger partial charge on any atom is -0.449 e. The Kier molecular flexibility index (Phi) is 4.59. The van der Waals surface area contributed by atoms with E-state index in [0.29, 0.717) is 13.1 Å². The minimum atomic E-state index is -4.33. The normalized spacial score (nSPS) is 18.8. The first-order valence-electron chi connectivity index (χ1n) is 7.72. The highest BCUT2D eigenvalue weighted by Crippen LogP contribution is 2.26. The molecule has 0 bridgehead atoms. The van der Waals surface area contributed by atoms with Crippen molar-refractivity contribution in [3.05, 3.63) is 30.2 Å². The van der Waals surface area contributed by atoms with Crippen LogP contribution in [-0.4, -0.2) is 51.5 Å². The lowest BCUT2D eigenvalue weighted by Gasteiger charge is -2.31. The number of fused-ring (bicyclic) bond motifs is 1.